The Morgan fingerprint density at radius 2 is 2.10 bits per heavy atom. The van der Waals surface area contributed by atoms with Crippen molar-refractivity contribution in [2.45, 2.75) is 31.5 Å². The van der Waals surface area contributed by atoms with Crippen molar-refractivity contribution in [3.8, 4) is 11.5 Å². The zero-order valence-corrected chi connectivity index (χ0v) is 12.7. The summed E-state index contributed by atoms with van der Waals surface area (Å²) in [4.78, 5) is 14.7. The minimum Gasteiger partial charge on any atom is -0.481 e. The molecule has 1 N–H and O–H groups in total. The molecule has 6 nitrogen and oxygen atoms in total. The zero-order chi connectivity index (χ0) is 15.6. The molecule has 0 aliphatic rings. The number of carbonyl (C=O) groups is 1. The van der Waals surface area contributed by atoms with Crippen LogP contribution < -0.4 is 0 Å². The summed E-state index contributed by atoms with van der Waals surface area (Å²) in [5.74, 6) is -0.980. The predicted octanol–water partition coefficient (Wildman–Crippen LogP) is 2.41. The second-order valence-corrected chi connectivity index (χ2v) is 6.30. The predicted molar refractivity (Wildman–Crippen MR) is 76.6 cm³/mol. The van der Waals surface area contributed by atoms with E-state index in [2.05, 4.69) is 15.2 Å². The third kappa shape index (κ3) is 3.57. The molecule has 2 aromatic rings. The monoisotopic (exact) mass is 310 g/mol. The fraction of sp³-hybridized carbons (Fsp3) is 0.385. The maximum Gasteiger partial charge on any atom is 0.313 e. The minimum atomic E-state index is -0.926. The van der Waals surface area contributed by atoms with Gasteiger partial charge in [-0.05, 0) is 32.9 Å². The van der Waals surface area contributed by atoms with Gasteiger partial charge in [-0.1, -0.05) is 11.8 Å². The van der Waals surface area contributed by atoms with E-state index in [-0.39, 0.29) is 11.3 Å². The van der Waals surface area contributed by atoms with E-state index in [1.807, 2.05) is 20.8 Å². The molecule has 2 rings (SSSR count). The van der Waals surface area contributed by atoms with Gasteiger partial charge in [0.2, 0.25) is 0 Å². The number of rotatable bonds is 4. The molecule has 0 fully saturated rings. The summed E-state index contributed by atoms with van der Waals surface area (Å²) in [6.07, 6.45) is 1.11. The van der Waals surface area contributed by atoms with Gasteiger partial charge in [0.05, 0.1) is 11.9 Å². The number of carboxylic acids is 1. The lowest BCUT2D eigenvalue weighted by Crippen LogP contribution is -2.24. The van der Waals surface area contributed by atoms with Crippen LogP contribution in [0.2, 0.25) is 0 Å². The number of carboxylic acid groups (broad SMARTS) is 1. The van der Waals surface area contributed by atoms with Gasteiger partial charge < -0.3 is 5.11 Å². The molecular formula is C13H15FN4O2S. The lowest BCUT2D eigenvalue weighted by atomic mass is 10.1. The van der Waals surface area contributed by atoms with Crippen LogP contribution in [0.4, 0.5) is 4.39 Å². The average molecular weight is 310 g/mol. The van der Waals surface area contributed by atoms with Crippen LogP contribution in [-0.2, 0) is 10.3 Å². The first-order valence-corrected chi connectivity index (χ1v) is 7.20. The van der Waals surface area contributed by atoms with Crippen molar-refractivity contribution in [1.29, 1.82) is 0 Å². The van der Waals surface area contributed by atoms with E-state index < -0.39 is 11.8 Å². The number of hydrogen-bond donors (Lipinski definition) is 1. The molecule has 0 saturated carbocycles. The van der Waals surface area contributed by atoms with Gasteiger partial charge >= 0.3 is 5.97 Å². The first kappa shape index (κ1) is 15.4. The molecule has 0 amide bonds. The minimum absolute atomic E-state index is 0.106. The molecular weight excluding hydrogens is 295 g/mol. The summed E-state index contributed by atoms with van der Waals surface area (Å²) in [6, 6.07) is 2.82. The molecule has 0 aliphatic heterocycles. The fourth-order valence-corrected chi connectivity index (χ4v) is 2.61. The van der Waals surface area contributed by atoms with Crippen molar-refractivity contribution in [2.24, 2.45) is 0 Å². The molecule has 0 atom stereocenters. The molecule has 0 saturated heterocycles. The Morgan fingerprint density at radius 1 is 1.38 bits per heavy atom. The summed E-state index contributed by atoms with van der Waals surface area (Å²) < 4.78 is 14.8. The zero-order valence-electron chi connectivity index (χ0n) is 11.9. The molecule has 2 aromatic heterocycles. The smallest absolute Gasteiger partial charge is 0.313 e. The standard InChI is InChI=1S/C13H15FN4O2S/c1-13(2,3)18-11(9-5-4-8(14)6-15-9)16-17-12(18)21-7-10(19)20/h4-6H,7H2,1-3H3,(H,19,20). The highest BCUT2D eigenvalue weighted by atomic mass is 32.2. The lowest BCUT2D eigenvalue weighted by molar-refractivity contribution is -0.133. The molecule has 0 aliphatic carbocycles. The summed E-state index contributed by atoms with van der Waals surface area (Å²) in [5.41, 5.74) is 0.122. The van der Waals surface area contributed by atoms with Crippen LogP contribution in [0.25, 0.3) is 11.5 Å². The molecule has 21 heavy (non-hydrogen) atoms. The van der Waals surface area contributed by atoms with E-state index in [1.165, 1.54) is 12.1 Å². The second kappa shape index (κ2) is 5.80. The highest BCUT2D eigenvalue weighted by Gasteiger charge is 2.25. The van der Waals surface area contributed by atoms with E-state index >= 15 is 0 Å². The Bertz CT molecular complexity index is 649. The molecule has 0 aromatic carbocycles. The molecule has 2 heterocycles. The van der Waals surface area contributed by atoms with E-state index in [0.717, 1.165) is 18.0 Å². The highest BCUT2D eigenvalue weighted by molar-refractivity contribution is 7.99. The van der Waals surface area contributed by atoms with Crippen molar-refractivity contribution in [3.63, 3.8) is 0 Å². The number of pyridine rings is 1. The van der Waals surface area contributed by atoms with E-state index in [0.29, 0.717) is 16.7 Å². The van der Waals surface area contributed by atoms with Crippen LogP contribution in [0.1, 0.15) is 20.8 Å². The van der Waals surface area contributed by atoms with Gasteiger partial charge in [-0.2, -0.15) is 0 Å². The van der Waals surface area contributed by atoms with Gasteiger partial charge in [0, 0.05) is 5.54 Å². The Kier molecular flexibility index (Phi) is 4.26. The Hall–Kier alpha value is -1.96. The highest BCUT2D eigenvalue weighted by Crippen LogP contribution is 2.29. The van der Waals surface area contributed by atoms with Gasteiger partial charge in [-0.25, -0.2) is 9.37 Å². The van der Waals surface area contributed by atoms with Crippen LogP contribution in [0.15, 0.2) is 23.5 Å². The van der Waals surface area contributed by atoms with E-state index in [4.69, 9.17) is 5.11 Å². The van der Waals surface area contributed by atoms with Gasteiger partial charge in [-0.3, -0.25) is 9.36 Å². The average Bonchev–Trinajstić information content (AvgIpc) is 2.81. The van der Waals surface area contributed by atoms with E-state index in [1.54, 1.807) is 4.57 Å². The Morgan fingerprint density at radius 3 is 2.62 bits per heavy atom. The maximum absolute atomic E-state index is 13.0. The fourth-order valence-electron chi connectivity index (χ4n) is 1.77. The molecule has 0 unspecified atom stereocenters. The largest absolute Gasteiger partial charge is 0.481 e. The number of thioether (sulfide) groups is 1. The number of aliphatic carboxylic acids is 1. The van der Waals surface area contributed by atoms with Crippen molar-refractivity contribution in [1.82, 2.24) is 19.7 Å². The second-order valence-electron chi connectivity index (χ2n) is 5.36. The van der Waals surface area contributed by atoms with Crippen molar-refractivity contribution in [3.05, 3.63) is 24.1 Å². The number of hydrogen-bond acceptors (Lipinski definition) is 5. The van der Waals surface area contributed by atoms with Crippen LogP contribution in [0.5, 0.6) is 0 Å². The third-order valence-corrected chi connectivity index (χ3v) is 3.50. The summed E-state index contributed by atoms with van der Waals surface area (Å²) in [5, 5.41) is 17.4. The van der Waals surface area contributed by atoms with Crippen molar-refractivity contribution in [2.75, 3.05) is 5.75 Å². The van der Waals surface area contributed by atoms with Crippen LogP contribution in [-0.4, -0.2) is 36.6 Å². The summed E-state index contributed by atoms with van der Waals surface area (Å²) >= 11 is 1.09. The number of nitrogens with zero attached hydrogens (tertiary/aromatic N) is 4. The Labute approximate surface area is 125 Å². The molecule has 0 radical (unpaired) electrons. The Balaban J connectivity index is 2.46. The van der Waals surface area contributed by atoms with Crippen LogP contribution in [0, 0.1) is 5.82 Å². The normalized spacial score (nSPS) is 11.6. The molecule has 112 valence electrons. The first-order chi connectivity index (χ1) is 9.79. The SMILES string of the molecule is CC(C)(C)n1c(SCC(=O)O)nnc1-c1ccc(F)cn1. The third-order valence-electron chi connectivity index (χ3n) is 2.59. The number of aromatic nitrogens is 4. The van der Waals surface area contributed by atoms with Crippen LogP contribution >= 0.6 is 11.8 Å². The van der Waals surface area contributed by atoms with Crippen molar-refractivity contribution < 1.29 is 14.3 Å². The van der Waals surface area contributed by atoms with Gasteiger partial charge in [0.1, 0.15) is 11.5 Å². The van der Waals surface area contributed by atoms with Crippen molar-refractivity contribution >= 4 is 17.7 Å². The lowest BCUT2D eigenvalue weighted by Gasteiger charge is -2.24. The molecule has 0 spiro atoms. The van der Waals surface area contributed by atoms with E-state index in [9.17, 15) is 9.18 Å². The van der Waals surface area contributed by atoms with Gasteiger partial charge in [-0.15, -0.1) is 10.2 Å². The summed E-state index contributed by atoms with van der Waals surface area (Å²) in [7, 11) is 0. The summed E-state index contributed by atoms with van der Waals surface area (Å²) in [6.45, 7) is 5.86. The van der Waals surface area contributed by atoms with Crippen LogP contribution in [0.3, 0.4) is 0 Å². The number of halogens is 1. The van der Waals surface area contributed by atoms with Gasteiger partial charge in [0.25, 0.3) is 0 Å². The van der Waals surface area contributed by atoms with Gasteiger partial charge in [0.15, 0.2) is 11.0 Å². The molecule has 0 bridgehead atoms. The maximum atomic E-state index is 13.0. The first-order valence-electron chi connectivity index (χ1n) is 6.21. The molecule has 8 heteroatoms. The quantitative estimate of drug-likeness (QED) is 0.873. The topological polar surface area (TPSA) is 80.9 Å².